The molecular formula is C25H31N3O4S. The highest BCUT2D eigenvalue weighted by Gasteiger charge is 2.33. The molecule has 176 valence electrons. The Hall–Kier alpha value is -2.55. The van der Waals surface area contributed by atoms with Crippen molar-refractivity contribution in [3.8, 4) is 0 Å². The first-order valence-electron chi connectivity index (χ1n) is 11.5. The van der Waals surface area contributed by atoms with Gasteiger partial charge in [-0.2, -0.15) is 4.31 Å². The standard InChI is InChI=1S/C25H31N3O4S/c29-25(27(20-24-9-5-16-32-24)19-22-8-4-13-26-18-22)23-10-14-28(15-11-23)33(30,31)17-12-21-6-2-1-3-7-21/h1-4,6-8,12-13,17-18,23-24H,5,9-11,14-16,19-20H2/b17-12+. The topological polar surface area (TPSA) is 79.8 Å². The number of hydrogen-bond donors (Lipinski definition) is 0. The predicted molar refractivity (Wildman–Crippen MR) is 127 cm³/mol. The van der Waals surface area contributed by atoms with Crippen LogP contribution in [0.5, 0.6) is 0 Å². The third-order valence-corrected chi connectivity index (χ3v) is 7.82. The number of benzene rings is 1. The number of carbonyl (C=O) groups is 1. The summed E-state index contributed by atoms with van der Waals surface area (Å²) in [6.07, 6.45) is 8.20. The summed E-state index contributed by atoms with van der Waals surface area (Å²) < 4.78 is 32.8. The molecule has 1 aromatic heterocycles. The van der Waals surface area contributed by atoms with E-state index in [0.717, 1.165) is 30.6 Å². The Morgan fingerprint density at radius 3 is 2.58 bits per heavy atom. The molecule has 1 amide bonds. The predicted octanol–water partition coefficient (Wildman–Crippen LogP) is 3.30. The Morgan fingerprint density at radius 2 is 1.91 bits per heavy atom. The van der Waals surface area contributed by atoms with E-state index in [-0.39, 0.29) is 17.9 Å². The molecule has 0 bridgehead atoms. The number of pyridine rings is 1. The summed E-state index contributed by atoms with van der Waals surface area (Å²) in [7, 11) is -3.52. The van der Waals surface area contributed by atoms with Crippen LogP contribution >= 0.6 is 0 Å². The average Bonchev–Trinajstić information content (AvgIpc) is 3.37. The van der Waals surface area contributed by atoms with Crippen molar-refractivity contribution >= 4 is 22.0 Å². The summed E-state index contributed by atoms with van der Waals surface area (Å²) >= 11 is 0. The van der Waals surface area contributed by atoms with Gasteiger partial charge in [0.1, 0.15) is 0 Å². The number of rotatable bonds is 8. The highest BCUT2D eigenvalue weighted by Crippen LogP contribution is 2.25. The van der Waals surface area contributed by atoms with Gasteiger partial charge in [-0.1, -0.05) is 36.4 Å². The molecule has 8 heteroatoms. The molecule has 2 fully saturated rings. The molecule has 0 radical (unpaired) electrons. The fraction of sp³-hybridized carbons (Fsp3) is 0.440. The van der Waals surface area contributed by atoms with Crippen molar-refractivity contribution in [1.29, 1.82) is 0 Å². The quantitative estimate of drug-likeness (QED) is 0.593. The Labute approximate surface area is 196 Å². The maximum atomic E-state index is 13.4. The van der Waals surface area contributed by atoms with Crippen molar-refractivity contribution in [3.05, 3.63) is 71.4 Å². The molecule has 2 saturated heterocycles. The van der Waals surface area contributed by atoms with E-state index in [1.807, 2.05) is 47.4 Å². The van der Waals surface area contributed by atoms with Gasteiger partial charge in [-0.15, -0.1) is 0 Å². The van der Waals surface area contributed by atoms with Crippen LogP contribution < -0.4 is 0 Å². The summed E-state index contributed by atoms with van der Waals surface area (Å²) in [4.78, 5) is 19.5. The largest absolute Gasteiger partial charge is 0.376 e. The fourth-order valence-electron chi connectivity index (χ4n) is 4.41. The zero-order chi connectivity index (χ0) is 23.1. The number of carbonyl (C=O) groups excluding carboxylic acids is 1. The van der Waals surface area contributed by atoms with Crippen molar-refractivity contribution in [3.63, 3.8) is 0 Å². The van der Waals surface area contributed by atoms with Gasteiger partial charge in [0.2, 0.25) is 15.9 Å². The lowest BCUT2D eigenvalue weighted by atomic mass is 9.96. The molecule has 0 aliphatic carbocycles. The lowest BCUT2D eigenvalue weighted by Gasteiger charge is -2.34. The minimum Gasteiger partial charge on any atom is -0.376 e. The summed E-state index contributed by atoms with van der Waals surface area (Å²) in [5.74, 6) is -0.112. The van der Waals surface area contributed by atoms with E-state index < -0.39 is 10.0 Å². The van der Waals surface area contributed by atoms with Gasteiger partial charge < -0.3 is 9.64 Å². The molecule has 3 heterocycles. The number of amides is 1. The van der Waals surface area contributed by atoms with E-state index in [1.54, 1.807) is 18.5 Å². The smallest absolute Gasteiger partial charge is 0.236 e. The van der Waals surface area contributed by atoms with E-state index in [0.29, 0.717) is 39.0 Å². The third-order valence-electron chi connectivity index (χ3n) is 6.25. The highest BCUT2D eigenvalue weighted by atomic mass is 32.2. The Kier molecular flexibility index (Phi) is 7.90. The minimum absolute atomic E-state index is 0.0641. The van der Waals surface area contributed by atoms with Crippen molar-refractivity contribution in [1.82, 2.24) is 14.2 Å². The van der Waals surface area contributed by atoms with Gasteiger partial charge in [0.25, 0.3) is 0 Å². The lowest BCUT2D eigenvalue weighted by Crippen LogP contribution is -2.45. The molecule has 2 aliphatic heterocycles. The first-order valence-corrected chi connectivity index (χ1v) is 13.0. The summed E-state index contributed by atoms with van der Waals surface area (Å²) in [6, 6.07) is 13.2. The van der Waals surface area contributed by atoms with Crippen LogP contribution in [0.25, 0.3) is 6.08 Å². The monoisotopic (exact) mass is 469 g/mol. The second-order valence-electron chi connectivity index (χ2n) is 8.65. The summed E-state index contributed by atoms with van der Waals surface area (Å²) in [6.45, 7) is 2.49. The van der Waals surface area contributed by atoms with Crippen LogP contribution in [0.15, 0.2) is 60.3 Å². The van der Waals surface area contributed by atoms with E-state index >= 15 is 0 Å². The number of ether oxygens (including phenoxy) is 1. The first kappa shape index (κ1) is 23.6. The van der Waals surface area contributed by atoms with Crippen LogP contribution in [0.2, 0.25) is 0 Å². The van der Waals surface area contributed by atoms with Crippen molar-refractivity contribution in [2.45, 2.75) is 38.3 Å². The number of piperidine rings is 1. The van der Waals surface area contributed by atoms with Gasteiger partial charge in [-0.25, -0.2) is 8.42 Å². The SMILES string of the molecule is O=C(C1CCN(S(=O)(=O)/C=C/c2ccccc2)CC1)N(Cc1cccnc1)CC1CCCO1. The third kappa shape index (κ3) is 6.50. The number of nitrogens with zero attached hydrogens (tertiary/aromatic N) is 3. The first-order chi connectivity index (χ1) is 16.0. The van der Waals surface area contributed by atoms with Crippen LogP contribution in [0, 0.1) is 5.92 Å². The molecule has 33 heavy (non-hydrogen) atoms. The van der Waals surface area contributed by atoms with Crippen molar-refractivity contribution in [2.24, 2.45) is 5.92 Å². The zero-order valence-electron chi connectivity index (χ0n) is 18.8. The van der Waals surface area contributed by atoms with Gasteiger partial charge >= 0.3 is 0 Å². The minimum atomic E-state index is -3.52. The molecule has 0 spiro atoms. The van der Waals surface area contributed by atoms with Crippen LogP contribution in [-0.4, -0.2) is 60.9 Å². The number of hydrogen-bond acceptors (Lipinski definition) is 5. The fourth-order valence-corrected chi connectivity index (χ4v) is 5.63. The molecule has 0 N–H and O–H groups in total. The maximum absolute atomic E-state index is 13.4. The van der Waals surface area contributed by atoms with Gasteiger partial charge in [-0.3, -0.25) is 9.78 Å². The second-order valence-corrected chi connectivity index (χ2v) is 10.5. The van der Waals surface area contributed by atoms with Gasteiger partial charge in [0.05, 0.1) is 6.10 Å². The molecular weight excluding hydrogens is 438 g/mol. The normalized spacial score (nSPS) is 20.3. The molecule has 2 aliphatic rings. The molecule has 2 aromatic rings. The van der Waals surface area contributed by atoms with Gasteiger partial charge in [0.15, 0.2) is 0 Å². The van der Waals surface area contributed by atoms with Crippen LogP contribution in [0.3, 0.4) is 0 Å². The highest BCUT2D eigenvalue weighted by molar-refractivity contribution is 7.92. The molecule has 7 nitrogen and oxygen atoms in total. The maximum Gasteiger partial charge on any atom is 0.236 e. The molecule has 1 aromatic carbocycles. The number of sulfonamides is 1. The number of aromatic nitrogens is 1. The molecule has 4 rings (SSSR count). The Bertz CT molecular complexity index is 1030. The van der Waals surface area contributed by atoms with Crippen LogP contribution in [0.1, 0.15) is 36.8 Å². The Balaban J connectivity index is 1.38. The summed E-state index contributed by atoms with van der Waals surface area (Å²) in [5, 5.41) is 1.26. The summed E-state index contributed by atoms with van der Waals surface area (Å²) in [5.41, 5.74) is 1.82. The van der Waals surface area contributed by atoms with E-state index in [4.69, 9.17) is 4.74 Å². The lowest BCUT2D eigenvalue weighted by molar-refractivity contribution is -0.139. The van der Waals surface area contributed by atoms with E-state index in [2.05, 4.69) is 4.98 Å². The van der Waals surface area contributed by atoms with Gasteiger partial charge in [-0.05, 0) is 49.0 Å². The van der Waals surface area contributed by atoms with Crippen LogP contribution in [0.4, 0.5) is 0 Å². The van der Waals surface area contributed by atoms with E-state index in [1.165, 1.54) is 9.71 Å². The second kappa shape index (κ2) is 11.0. The van der Waals surface area contributed by atoms with Crippen LogP contribution in [-0.2, 0) is 26.1 Å². The zero-order valence-corrected chi connectivity index (χ0v) is 19.6. The molecule has 1 atom stereocenters. The van der Waals surface area contributed by atoms with Crippen molar-refractivity contribution < 1.29 is 17.9 Å². The molecule has 0 saturated carbocycles. The van der Waals surface area contributed by atoms with E-state index in [9.17, 15) is 13.2 Å². The average molecular weight is 470 g/mol. The molecule has 1 unspecified atom stereocenters. The van der Waals surface area contributed by atoms with Gasteiger partial charge in [0, 0.05) is 56.5 Å². The Morgan fingerprint density at radius 1 is 1.12 bits per heavy atom. The van der Waals surface area contributed by atoms with Crippen molar-refractivity contribution in [2.75, 3.05) is 26.2 Å².